The molecule has 0 spiro atoms. The number of ether oxygens (including phenoxy) is 3. The summed E-state index contributed by atoms with van der Waals surface area (Å²) in [5, 5.41) is 1.06. The number of hydrogen-bond acceptors (Lipinski definition) is 7. The molecular weight excluding hydrogens is 767 g/mol. The number of halogens is 4. The lowest BCUT2D eigenvalue weighted by Gasteiger charge is -2.24. The molecule has 5 rings (SSSR count). The van der Waals surface area contributed by atoms with Gasteiger partial charge in [-0.2, -0.15) is 0 Å². The summed E-state index contributed by atoms with van der Waals surface area (Å²) in [6.07, 6.45) is 3.44. The summed E-state index contributed by atoms with van der Waals surface area (Å²) in [7, 11) is 0. The quantitative estimate of drug-likeness (QED) is 0.121. The van der Waals surface area contributed by atoms with Crippen LogP contribution in [0.4, 0.5) is 0 Å². The van der Waals surface area contributed by atoms with E-state index < -0.39 is 12.0 Å². The van der Waals surface area contributed by atoms with Gasteiger partial charge in [0.1, 0.15) is 24.7 Å². The number of fused-ring (bicyclic) bond motifs is 1. The minimum absolute atomic E-state index is 0.192. The maximum Gasteiger partial charge on any atom is 0.338 e. The smallest absolute Gasteiger partial charge is 0.338 e. The first kappa shape index (κ1) is 33.2. The van der Waals surface area contributed by atoms with Gasteiger partial charge in [-0.25, -0.2) is 9.79 Å². The van der Waals surface area contributed by atoms with Crippen LogP contribution < -0.4 is 24.4 Å². The summed E-state index contributed by atoms with van der Waals surface area (Å²) < 4.78 is 20.4. The van der Waals surface area contributed by atoms with E-state index in [9.17, 15) is 9.59 Å². The lowest BCUT2D eigenvalue weighted by atomic mass is 9.96. The normalized spacial score (nSPS) is 14.5. The van der Waals surface area contributed by atoms with Crippen molar-refractivity contribution in [2.75, 3.05) is 13.2 Å². The molecule has 4 aromatic rings. The number of rotatable bonds is 10. The van der Waals surface area contributed by atoms with Crippen LogP contribution in [0.5, 0.6) is 11.5 Å². The number of benzene rings is 3. The molecule has 1 atom stereocenters. The number of hydrogen-bond donors (Lipinski definition) is 0. The zero-order chi connectivity index (χ0) is 32.2. The number of nitrogens with zero attached hydrogens (tertiary/aromatic N) is 2. The molecule has 0 unspecified atom stereocenters. The van der Waals surface area contributed by atoms with Crippen LogP contribution in [0.15, 0.2) is 97.3 Å². The summed E-state index contributed by atoms with van der Waals surface area (Å²) >= 11 is 20.8. The standard InChI is InChI=1S/C33H26Br2Cl2N2O5S/c1-4-12-43-23-10-7-20(8-11-23)29-28(32(41)42-5-2)18(3)38-33-39(29)31(40)27(45-33)15-19-13-24(34)30(25(35)14-19)44-17-21-6-9-22(36)16-26(21)37/h4,6-11,13-16,29H,1,5,12,17H2,2-3H3/b27-15-/t29-/m1/s1. The fourth-order valence-electron chi connectivity index (χ4n) is 4.75. The molecule has 0 aliphatic carbocycles. The van der Waals surface area contributed by atoms with Gasteiger partial charge in [-0.3, -0.25) is 9.36 Å². The molecule has 1 aromatic heterocycles. The molecule has 1 aliphatic rings. The van der Waals surface area contributed by atoms with E-state index in [1.165, 1.54) is 11.3 Å². The van der Waals surface area contributed by atoms with Gasteiger partial charge in [0, 0.05) is 15.6 Å². The Balaban J connectivity index is 1.53. The van der Waals surface area contributed by atoms with E-state index in [-0.39, 0.29) is 18.8 Å². The van der Waals surface area contributed by atoms with Gasteiger partial charge in [-0.1, -0.05) is 65.4 Å². The molecule has 0 saturated heterocycles. The Kier molecular flexibility index (Phi) is 10.7. The summed E-state index contributed by atoms with van der Waals surface area (Å²) in [6, 6.07) is 15.5. The average molecular weight is 793 g/mol. The first-order chi connectivity index (χ1) is 21.6. The molecule has 232 valence electrons. The summed E-state index contributed by atoms with van der Waals surface area (Å²) in [5.74, 6) is 0.701. The molecule has 2 heterocycles. The molecule has 7 nitrogen and oxygen atoms in total. The molecule has 45 heavy (non-hydrogen) atoms. The third-order valence-electron chi connectivity index (χ3n) is 6.79. The lowest BCUT2D eigenvalue weighted by Crippen LogP contribution is -2.39. The van der Waals surface area contributed by atoms with Gasteiger partial charge in [0.15, 0.2) is 4.80 Å². The zero-order valence-corrected chi connectivity index (χ0v) is 29.6. The predicted molar refractivity (Wildman–Crippen MR) is 185 cm³/mol. The number of carbonyl (C=O) groups is 1. The first-order valence-corrected chi connectivity index (χ1v) is 16.9. The Morgan fingerprint density at radius 2 is 1.80 bits per heavy atom. The molecule has 0 fully saturated rings. The highest BCUT2D eigenvalue weighted by atomic mass is 79.9. The maximum absolute atomic E-state index is 14.0. The highest BCUT2D eigenvalue weighted by Crippen LogP contribution is 2.36. The monoisotopic (exact) mass is 790 g/mol. The van der Waals surface area contributed by atoms with E-state index in [1.807, 2.05) is 30.3 Å². The van der Waals surface area contributed by atoms with Gasteiger partial charge in [-0.15, -0.1) is 0 Å². The van der Waals surface area contributed by atoms with Gasteiger partial charge in [0.2, 0.25) is 0 Å². The topological polar surface area (TPSA) is 79.1 Å². The van der Waals surface area contributed by atoms with E-state index in [0.29, 0.717) is 57.7 Å². The highest BCUT2D eigenvalue weighted by molar-refractivity contribution is 9.11. The van der Waals surface area contributed by atoms with Crippen LogP contribution in [0, 0.1) is 0 Å². The van der Waals surface area contributed by atoms with Gasteiger partial charge < -0.3 is 14.2 Å². The van der Waals surface area contributed by atoms with Crippen LogP contribution in [0.2, 0.25) is 10.0 Å². The van der Waals surface area contributed by atoms with Crippen molar-refractivity contribution in [2.24, 2.45) is 4.99 Å². The molecule has 0 bridgehead atoms. The number of carbonyl (C=O) groups excluding carboxylic acids is 1. The number of allylic oxidation sites excluding steroid dienone is 1. The molecule has 0 amide bonds. The fourth-order valence-corrected chi connectivity index (χ4v) is 7.71. The second-order valence-corrected chi connectivity index (χ2v) is 13.4. The first-order valence-electron chi connectivity index (χ1n) is 13.7. The highest BCUT2D eigenvalue weighted by Gasteiger charge is 2.33. The van der Waals surface area contributed by atoms with Gasteiger partial charge in [0.25, 0.3) is 5.56 Å². The molecular formula is C33H26Br2Cl2N2O5S. The van der Waals surface area contributed by atoms with Crippen molar-refractivity contribution in [1.82, 2.24) is 4.57 Å². The summed E-state index contributed by atoms with van der Waals surface area (Å²) in [4.78, 5) is 32.3. The Morgan fingerprint density at radius 3 is 2.44 bits per heavy atom. The van der Waals surface area contributed by atoms with Crippen molar-refractivity contribution in [3.8, 4) is 11.5 Å². The minimum Gasteiger partial charge on any atom is -0.490 e. The second kappa shape index (κ2) is 14.5. The van der Waals surface area contributed by atoms with E-state index in [2.05, 4.69) is 43.4 Å². The number of esters is 1. The van der Waals surface area contributed by atoms with E-state index in [0.717, 1.165) is 16.7 Å². The zero-order valence-electron chi connectivity index (χ0n) is 24.1. The summed E-state index contributed by atoms with van der Waals surface area (Å²) in [5.41, 5.74) is 2.77. The Morgan fingerprint density at radius 1 is 1.09 bits per heavy atom. The molecule has 0 radical (unpaired) electrons. The van der Waals surface area contributed by atoms with Crippen LogP contribution >= 0.6 is 66.4 Å². The van der Waals surface area contributed by atoms with Crippen molar-refractivity contribution in [2.45, 2.75) is 26.5 Å². The molecule has 3 aromatic carbocycles. The molecule has 12 heteroatoms. The van der Waals surface area contributed by atoms with Crippen molar-refractivity contribution in [3.63, 3.8) is 0 Å². The van der Waals surface area contributed by atoms with Crippen molar-refractivity contribution in [1.29, 1.82) is 0 Å². The summed E-state index contributed by atoms with van der Waals surface area (Å²) in [6.45, 7) is 7.95. The van der Waals surface area contributed by atoms with Crippen LogP contribution in [0.3, 0.4) is 0 Å². The third-order valence-corrected chi connectivity index (χ3v) is 9.53. The Hall–Kier alpha value is -3.15. The lowest BCUT2D eigenvalue weighted by molar-refractivity contribution is -0.139. The largest absolute Gasteiger partial charge is 0.490 e. The fraction of sp³-hybridized carbons (Fsp3) is 0.182. The third kappa shape index (κ3) is 7.31. The molecule has 0 saturated carbocycles. The van der Waals surface area contributed by atoms with Crippen LogP contribution in [0.1, 0.15) is 36.6 Å². The van der Waals surface area contributed by atoms with Crippen LogP contribution in [-0.2, 0) is 16.1 Å². The van der Waals surface area contributed by atoms with Crippen LogP contribution in [-0.4, -0.2) is 23.8 Å². The Bertz CT molecular complexity index is 1980. The van der Waals surface area contributed by atoms with E-state index >= 15 is 0 Å². The van der Waals surface area contributed by atoms with Crippen molar-refractivity contribution < 1.29 is 19.0 Å². The predicted octanol–water partition coefficient (Wildman–Crippen LogP) is 7.77. The van der Waals surface area contributed by atoms with Crippen LogP contribution in [0.25, 0.3) is 6.08 Å². The minimum atomic E-state index is -0.732. The number of thiazole rings is 1. The van der Waals surface area contributed by atoms with Gasteiger partial charge in [-0.05, 0) is 99.3 Å². The Labute approximate surface area is 290 Å². The van der Waals surface area contributed by atoms with Crippen molar-refractivity contribution >= 4 is 78.4 Å². The number of aromatic nitrogens is 1. The maximum atomic E-state index is 14.0. The van der Waals surface area contributed by atoms with Gasteiger partial charge in [0.05, 0.1) is 37.4 Å². The van der Waals surface area contributed by atoms with E-state index in [4.69, 9.17) is 37.4 Å². The molecule has 1 aliphatic heterocycles. The van der Waals surface area contributed by atoms with Crippen molar-refractivity contribution in [3.05, 3.63) is 134 Å². The SMILES string of the molecule is C=CCOc1ccc([C@@H]2C(C(=O)OCC)=C(C)N=c3s/c(=C\c4cc(Br)c(OCc5ccc(Cl)cc5Cl)c(Br)c4)c(=O)n32)cc1. The van der Waals surface area contributed by atoms with Gasteiger partial charge >= 0.3 is 5.97 Å². The second-order valence-electron chi connectivity index (χ2n) is 9.81. The average Bonchev–Trinajstić information content (AvgIpc) is 3.30. The molecule has 0 N–H and O–H groups in total. The van der Waals surface area contributed by atoms with E-state index in [1.54, 1.807) is 54.8 Å².